The maximum Gasteiger partial charge on any atom is 0.270 e. The molecule has 3 N–H and O–H groups in total. The summed E-state index contributed by atoms with van der Waals surface area (Å²) in [7, 11) is 0. The SMILES string of the molecule is [C-]#[N+]/C(C#N)=C1\C(=C2c3ccccc3C(=[N+](CCCC)CCCC)c3ccccc32)C(O)=C1c1c2c(O)cccc2c(N(CCCC)CCCC)c2cccc(O)c12. The predicted molar refractivity (Wildman–Crippen MR) is 238 cm³/mol. The van der Waals surface area contributed by atoms with Crippen LogP contribution >= 0.6 is 0 Å². The molecule has 0 saturated carbocycles. The van der Waals surface area contributed by atoms with Crippen molar-refractivity contribution in [1.29, 1.82) is 5.26 Å². The van der Waals surface area contributed by atoms with E-state index in [2.05, 4.69) is 72.4 Å². The first kappa shape index (κ1) is 39.9. The van der Waals surface area contributed by atoms with Gasteiger partial charge in [0.1, 0.15) is 30.3 Å². The average molecular weight is 770 g/mol. The minimum atomic E-state index is -0.170. The normalized spacial score (nSPS) is 14.2. The van der Waals surface area contributed by atoms with E-state index < -0.39 is 0 Å². The van der Waals surface area contributed by atoms with E-state index in [1.54, 1.807) is 12.1 Å². The highest BCUT2D eigenvalue weighted by Crippen LogP contribution is 2.58. The van der Waals surface area contributed by atoms with Gasteiger partial charge in [-0.3, -0.25) is 0 Å². The Labute approximate surface area is 342 Å². The van der Waals surface area contributed by atoms with Gasteiger partial charge < -0.3 is 20.2 Å². The summed E-state index contributed by atoms with van der Waals surface area (Å²) in [5, 5.41) is 49.6. The Morgan fingerprint density at radius 1 is 0.638 bits per heavy atom. The Morgan fingerprint density at radius 2 is 1.12 bits per heavy atom. The Kier molecular flexibility index (Phi) is 12.0. The zero-order valence-corrected chi connectivity index (χ0v) is 34.2. The van der Waals surface area contributed by atoms with Gasteiger partial charge in [0.2, 0.25) is 5.71 Å². The van der Waals surface area contributed by atoms with Crippen LogP contribution in [0.2, 0.25) is 0 Å². The maximum absolute atomic E-state index is 12.7. The van der Waals surface area contributed by atoms with Crippen molar-refractivity contribution in [3.63, 3.8) is 0 Å². The number of hydrogen-bond acceptors (Lipinski definition) is 5. The molecular formula is C51H53N4O3+. The number of rotatable bonds is 14. The molecule has 2 aliphatic carbocycles. The van der Waals surface area contributed by atoms with Crippen molar-refractivity contribution >= 4 is 44.1 Å². The first-order chi connectivity index (χ1) is 28.4. The topological polar surface area (TPSA) is 95.1 Å². The standard InChI is InChI=1S/C51H52N4O3/c1-6-10-28-54(29-11-7-2)49-35-22-16-14-20-33(35)42(34-21-15-17-23-36(34)49)47-45(39(32-52)53-5)48(51(47)58)46-43-37(24-18-26-40(43)56)50(38-25-19-27-41(57)44(38)46)55(30-12-8-3)31-13-9-4/h14-27H,6-13,28-31H2,1-4H3,(H2-,56,57,58)/p+1/b45-39+. The highest BCUT2D eigenvalue weighted by molar-refractivity contribution is 6.26. The van der Waals surface area contributed by atoms with Crippen molar-refractivity contribution in [2.45, 2.75) is 79.1 Å². The third-order valence-corrected chi connectivity index (χ3v) is 11.7. The average Bonchev–Trinajstić information content (AvgIpc) is 3.24. The summed E-state index contributed by atoms with van der Waals surface area (Å²) in [6.07, 6.45) is 8.20. The largest absolute Gasteiger partial charge is 0.507 e. The number of nitriles is 1. The summed E-state index contributed by atoms with van der Waals surface area (Å²) in [4.78, 5) is 6.12. The Balaban J connectivity index is 1.62. The molecule has 58 heavy (non-hydrogen) atoms. The summed E-state index contributed by atoms with van der Waals surface area (Å²) in [5.41, 5.74) is 7.92. The zero-order valence-electron chi connectivity index (χ0n) is 34.2. The molecular weight excluding hydrogens is 717 g/mol. The highest BCUT2D eigenvalue weighted by atomic mass is 16.3. The predicted octanol–water partition coefficient (Wildman–Crippen LogP) is 12.1. The molecule has 5 aromatic rings. The van der Waals surface area contributed by atoms with E-state index in [9.17, 15) is 20.6 Å². The molecule has 294 valence electrons. The molecule has 7 nitrogen and oxygen atoms in total. The number of anilines is 1. The second-order valence-electron chi connectivity index (χ2n) is 15.4. The fraction of sp³-hybridized carbons (Fsp3) is 0.314. The molecule has 0 radical (unpaired) electrons. The number of nitrogens with zero attached hydrogens (tertiary/aromatic N) is 4. The zero-order chi connectivity index (χ0) is 40.9. The van der Waals surface area contributed by atoms with E-state index in [4.69, 9.17) is 6.57 Å². The Bertz CT molecular complexity index is 2480. The summed E-state index contributed by atoms with van der Waals surface area (Å²) in [6, 6.07) is 29.5. The molecule has 7 heteroatoms. The monoisotopic (exact) mass is 769 g/mol. The van der Waals surface area contributed by atoms with Crippen LogP contribution in [0.4, 0.5) is 5.69 Å². The number of benzene rings is 5. The van der Waals surface area contributed by atoms with Gasteiger partial charge in [0.05, 0.1) is 29.5 Å². The maximum atomic E-state index is 12.7. The molecule has 0 heterocycles. The third kappa shape index (κ3) is 6.79. The second-order valence-corrected chi connectivity index (χ2v) is 15.4. The van der Waals surface area contributed by atoms with Crippen LogP contribution in [0, 0.1) is 17.9 Å². The highest BCUT2D eigenvalue weighted by Gasteiger charge is 2.42. The number of allylic oxidation sites excluding steroid dienone is 3. The van der Waals surface area contributed by atoms with E-state index in [1.807, 2.05) is 48.5 Å². The van der Waals surface area contributed by atoms with Crippen molar-refractivity contribution in [1.82, 2.24) is 0 Å². The van der Waals surface area contributed by atoms with Crippen molar-refractivity contribution in [3.05, 3.63) is 147 Å². The number of phenols is 2. The first-order valence-corrected chi connectivity index (χ1v) is 21.0. The van der Waals surface area contributed by atoms with Gasteiger partial charge in [-0.25, -0.2) is 14.7 Å². The number of unbranched alkanes of at least 4 members (excludes halogenated alkanes) is 4. The number of aromatic hydroxyl groups is 2. The Hall–Kier alpha value is -6.31. The van der Waals surface area contributed by atoms with Crippen LogP contribution in [0.25, 0.3) is 37.5 Å². The van der Waals surface area contributed by atoms with Gasteiger partial charge in [0.15, 0.2) is 0 Å². The fourth-order valence-corrected chi connectivity index (χ4v) is 8.93. The second kappa shape index (κ2) is 17.5. The van der Waals surface area contributed by atoms with Crippen LogP contribution in [0.15, 0.2) is 108 Å². The molecule has 7 rings (SSSR count). The van der Waals surface area contributed by atoms with Gasteiger partial charge in [0.25, 0.3) is 5.70 Å². The van der Waals surface area contributed by atoms with Crippen LogP contribution in [-0.2, 0) is 0 Å². The molecule has 0 unspecified atom stereocenters. The van der Waals surface area contributed by atoms with Gasteiger partial charge in [-0.1, -0.05) is 114 Å². The summed E-state index contributed by atoms with van der Waals surface area (Å²) < 4.78 is 2.50. The lowest BCUT2D eigenvalue weighted by molar-refractivity contribution is -0.528. The molecule has 0 aromatic heterocycles. The van der Waals surface area contributed by atoms with Crippen molar-refractivity contribution < 1.29 is 19.9 Å². The molecule has 0 aliphatic heterocycles. The van der Waals surface area contributed by atoms with Gasteiger partial charge >= 0.3 is 0 Å². The first-order valence-electron chi connectivity index (χ1n) is 21.0. The van der Waals surface area contributed by atoms with Crippen LogP contribution in [0.1, 0.15) is 107 Å². The minimum absolute atomic E-state index is 0.0150. The smallest absolute Gasteiger partial charge is 0.270 e. The number of aliphatic hydroxyl groups excluding tert-OH is 1. The van der Waals surface area contributed by atoms with E-state index in [-0.39, 0.29) is 28.5 Å². The van der Waals surface area contributed by atoms with Crippen molar-refractivity contribution in [2.75, 3.05) is 31.1 Å². The fourth-order valence-electron chi connectivity index (χ4n) is 8.93. The van der Waals surface area contributed by atoms with Gasteiger partial charge in [-0.05, 0) is 48.2 Å². The molecule has 0 bridgehead atoms. The van der Waals surface area contributed by atoms with Gasteiger partial charge in [0, 0.05) is 75.3 Å². The molecule has 0 atom stereocenters. The lowest BCUT2D eigenvalue weighted by Gasteiger charge is -2.35. The van der Waals surface area contributed by atoms with Crippen LogP contribution < -0.4 is 4.90 Å². The lowest BCUT2D eigenvalue weighted by atomic mass is 9.69. The Morgan fingerprint density at radius 3 is 1.57 bits per heavy atom. The molecule has 0 saturated heterocycles. The molecule has 0 spiro atoms. The van der Waals surface area contributed by atoms with E-state index in [0.717, 1.165) is 128 Å². The van der Waals surface area contributed by atoms with Gasteiger partial charge in [-0.15, -0.1) is 0 Å². The molecule has 0 fully saturated rings. The van der Waals surface area contributed by atoms with E-state index in [1.165, 1.54) is 0 Å². The van der Waals surface area contributed by atoms with Gasteiger partial charge in [-0.2, -0.15) is 0 Å². The molecule has 5 aromatic carbocycles. The van der Waals surface area contributed by atoms with Crippen molar-refractivity contribution in [3.8, 4) is 17.6 Å². The van der Waals surface area contributed by atoms with Crippen LogP contribution in [0.5, 0.6) is 11.5 Å². The van der Waals surface area contributed by atoms with Crippen LogP contribution in [-0.4, -0.2) is 51.8 Å². The number of hydrogen-bond donors (Lipinski definition) is 3. The summed E-state index contributed by atoms with van der Waals surface area (Å²) in [5.74, 6) is -0.114. The number of phenolic OH excluding ortho intramolecular Hbond substituents is 2. The lowest BCUT2D eigenvalue weighted by Crippen LogP contribution is -2.30. The quantitative estimate of drug-likeness (QED) is 0.0444. The van der Waals surface area contributed by atoms with E-state index in [0.29, 0.717) is 27.5 Å². The minimum Gasteiger partial charge on any atom is -0.507 e. The number of aliphatic hydroxyl groups is 1. The van der Waals surface area contributed by atoms with Crippen LogP contribution in [0.3, 0.4) is 0 Å². The number of fused-ring (bicyclic) bond motifs is 4. The molecule has 0 amide bonds. The van der Waals surface area contributed by atoms with E-state index >= 15 is 0 Å². The molecule has 2 aliphatic rings. The third-order valence-electron chi connectivity index (χ3n) is 11.7. The summed E-state index contributed by atoms with van der Waals surface area (Å²) in [6.45, 7) is 20.5. The van der Waals surface area contributed by atoms with Crippen molar-refractivity contribution in [2.24, 2.45) is 0 Å². The summed E-state index contributed by atoms with van der Waals surface area (Å²) >= 11 is 0.